The van der Waals surface area contributed by atoms with Gasteiger partial charge in [0.25, 0.3) is 0 Å². The number of fused-ring (bicyclic) bond motifs is 1. The zero-order valence-electron chi connectivity index (χ0n) is 12.2. The fourth-order valence-corrected chi connectivity index (χ4v) is 2.82. The topological polar surface area (TPSA) is 120 Å². The molecule has 24 heavy (non-hydrogen) atoms. The van der Waals surface area contributed by atoms with Crippen LogP contribution in [0, 0.1) is 11.3 Å². The molecule has 3 heterocycles. The second-order valence-electron chi connectivity index (χ2n) is 5.14. The van der Waals surface area contributed by atoms with Crippen molar-refractivity contribution in [2.75, 3.05) is 5.73 Å². The lowest BCUT2D eigenvalue weighted by Crippen LogP contribution is -2.03. The summed E-state index contributed by atoms with van der Waals surface area (Å²) in [5.74, 6) is 0.0846. The Bertz CT molecular complexity index is 1090. The van der Waals surface area contributed by atoms with Crippen molar-refractivity contribution < 1.29 is 0 Å². The standard InChI is InChI=1S/C16H10ClN7/c17-10-5-8(4-9-7-21-24-13(9)10)14-15(11-2-1-3-20-11)23-16(19)12(6-18)22-14/h1-5,7,20H,(H2,19,23)(H,21,24). The van der Waals surface area contributed by atoms with Gasteiger partial charge in [0, 0.05) is 17.1 Å². The molecule has 7 nitrogen and oxygen atoms in total. The van der Waals surface area contributed by atoms with E-state index in [1.807, 2.05) is 24.3 Å². The van der Waals surface area contributed by atoms with Gasteiger partial charge < -0.3 is 10.7 Å². The van der Waals surface area contributed by atoms with Gasteiger partial charge in [-0.15, -0.1) is 0 Å². The average molecular weight is 336 g/mol. The lowest BCUT2D eigenvalue weighted by Gasteiger charge is -2.10. The van der Waals surface area contributed by atoms with Gasteiger partial charge in [0.15, 0.2) is 11.5 Å². The molecule has 0 saturated carbocycles. The molecule has 0 amide bonds. The Kier molecular flexibility index (Phi) is 3.18. The van der Waals surface area contributed by atoms with Crippen LogP contribution < -0.4 is 5.73 Å². The first-order valence-electron chi connectivity index (χ1n) is 7.01. The van der Waals surface area contributed by atoms with Crippen LogP contribution in [0.3, 0.4) is 0 Å². The van der Waals surface area contributed by atoms with Crippen molar-refractivity contribution in [1.29, 1.82) is 5.26 Å². The van der Waals surface area contributed by atoms with Crippen molar-refractivity contribution in [2.24, 2.45) is 0 Å². The lowest BCUT2D eigenvalue weighted by atomic mass is 10.1. The number of benzene rings is 1. The van der Waals surface area contributed by atoms with Crippen LogP contribution in [0.1, 0.15) is 5.69 Å². The Morgan fingerprint density at radius 3 is 2.83 bits per heavy atom. The monoisotopic (exact) mass is 335 g/mol. The van der Waals surface area contributed by atoms with Gasteiger partial charge in [-0.1, -0.05) is 11.6 Å². The van der Waals surface area contributed by atoms with Crippen LogP contribution in [-0.2, 0) is 0 Å². The molecule has 1 aromatic carbocycles. The van der Waals surface area contributed by atoms with E-state index in [4.69, 9.17) is 17.3 Å². The molecule has 0 spiro atoms. The SMILES string of the molecule is N#Cc1nc(-c2cc(Cl)c3[nH]ncc3c2)c(-c2ccc[nH]2)nc1N. The Labute approximate surface area is 141 Å². The first-order valence-corrected chi connectivity index (χ1v) is 7.39. The molecule has 4 N–H and O–H groups in total. The molecule has 0 fully saturated rings. The fraction of sp³-hybridized carbons (Fsp3) is 0. The van der Waals surface area contributed by atoms with Crippen molar-refractivity contribution in [2.45, 2.75) is 0 Å². The van der Waals surface area contributed by atoms with E-state index in [2.05, 4.69) is 25.1 Å². The third kappa shape index (κ3) is 2.17. The molecular weight excluding hydrogens is 326 g/mol. The number of rotatable bonds is 2. The molecular formula is C16H10ClN7. The van der Waals surface area contributed by atoms with Crippen molar-refractivity contribution in [3.63, 3.8) is 0 Å². The molecule has 0 atom stereocenters. The van der Waals surface area contributed by atoms with Gasteiger partial charge in [0.05, 0.1) is 28.1 Å². The Morgan fingerprint density at radius 2 is 2.08 bits per heavy atom. The lowest BCUT2D eigenvalue weighted by molar-refractivity contribution is 1.12. The van der Waals surface area contributed by atoms with Crippen LogP contribution >= 0.6 is 11.6 Å². The number of nitrogens with one attached hydrogen (secondary N) is 2. The number of nitrogens with two attached hydrogens (primary N) is 1. The normalized spacial score (nSPS) is 10.8. The van der Waals surface area contributed by atoms with Crippen LogP contribution in [-0.4, -0.2) is 25.1 Å². The predicted octanol–water partition coefficient (Wildman–Crippen LogP) is 3.12. The number of H-pyrrole nitrogens is 2. The number of aromatic nitrogens is 5. The summed E-state index contributed by atoms with van der Waals surface area (Å²) in [4.78, 5) is 11.8. The van der Waals surface area contributed by atoms with Gasteiger partial charge >= 0.3 is 0 Å². The third-order valence-electron chi connectivity index (χ3n) is 3.66. The van der Waals surface area contributed by atoms with E-state index in [1.165, 1.54) is 0 Å². The summed E-state index contributed by atoms with van der Waals surface area (Å²) in [6.07, 6.45) is 3.45. The average Bonchev–Trinajstić information content (AvgIpc) is 3.26. The summed E-state index contributed by atoms with van der Waals surface area (Å²) in [5, 5.41) is 17.4. The van der Waals surface area contributed by atoms with Crippen LogP contribution in [0.4, 0.5) is 5.82 Å². The highest BCUT2D eigenvalue weighted by Crippen LogP contribution is 2.34. The number of halogens is 1. The zero-order chi connectivity index (χ0) is 16.7. The van der Waals surface area contributed by atoms with E-state index in [9.17, 15) is 5.26 Å². The molecule has 8 heteroatoms. The van der Waals surface area contributed by atoms with E-state index in [-0.39, 0.29) is 11.5 Å². The largest absolute Gasteiger partial charge is 0.381 e. The maximum Gasteiger partial charge on any atom is 0.183 e. The molecule has 116 valence electrons. The highest BCUT2D eigenvalue weighted by Gasteiger charge is 2.17. The van der Waals surface area contributed by atoms with Gasteiger partial charge in [0.1, 0.15) is 11.8 Å². The number of anilines is 1. The maximum atomic E-state index is 9.22. The molecule has 0 bridgehead atoms. The van der Waals surface area contributed by atoms with Crippen molar-refractivity contribution in [3.05, 3.63) is 47.4 Å². The summed E-state index contributed by atoms with van der Waals surface area (Å²) in [6.45, 7) is 0. The van der Waals surface area contributed by atoms with Gasteiger partial charge in [-0.05, 0) is 24.3 Å². The highest BCUT2D eigenvalue weighted by molar-refractivity contribution is 6.35. The van der Waals surface area contributed by atoms with Crippen LogP contribution in [0.2, 0.25) is 5.02 Å². The van der Waals surface area contributed by atoms with Gasteiger partial charge in [-0.3, -0.25) is 5.10 Å². The second-order valence-corrected chi connectivity index (χ2v) is 5.55. The van der Waals surface area contributed by atoms with Crippen molar-refractivity contribution in [3.8, 4) is 28.7 Å². The summed E-state index contributed by atoms with van der Waals surface area (Å²) in [5.41, 5.74) is 9.20. The molecule has 0 aliphatic heterocycles. The summed E-state index contributed by atoms with van der Waals surface area (Å²) >= 11 is 6.32. The minimum Gasteiger partial charge on any atom is -0.381 e. The second kappa shape index (κ2) is 5.37. The molecule has 4 aromatic rings. The first-order chi connectivity index (χ1) is 11.7. The summed E-state index contributed by atoms with van der Waals surface area (Å²) in [7, 11) is 0. The number of hydrogen-bond acceptors (Lipinski definition) is 5. The molecule has 4 rings (SSSR count). The third-order valence-corrected chi connectivity index (χ3v) is 3.95. The summed E-state index contributed by atoms with van der Waals surface area (Å²) < 4.78 is 0. The molecule has 3 aromatic heterocycles. The van der Waals surface area contributed by atoms with Crippen LogP contribution in [0.5, 0.6) is 0 Å². The van der Waals surface area contributed by atoms with Gasteiger partial charge in [0.2, 0.25) is 0 Å². The number of nitrogen functional groups attached to an aromatic ring is 1. The smallest absolute Gasteiger partial charge is 0.183 e. The van der Waals surface area contributed by atoms with Crippen molar-refractivity contribution in [1.82, 2.24) is 25.1 Å². The van der Waals surface area contributed by atoms with Crippen LogP contribution in [0.25, 0.3) is 33.5 Å². The minimum absolute atomic E-state index is 0.0729. The minimum atomic E-state index is 0.0729. The maximum absolute atomic E-state index is 9.22. The molecule has 0 radical (unpaired) electrons. The molecule has 0 unspecified atom stereocenters. The summed E-state index contributed by atoms with van der Waals surface area (Å²) in [6, 6.07) is 9.32. The zero-order valence-corrected chi connectivity index (χ0v) is 13.0. The van der Waals surface area contributed by atoms with Crippen LogP contribution in [0.15, 0.2) is 36.7 Å². The number of hydrogen-bond donors (Lipinski definition) is 3. The van der Waals surface area contributed by atoms with E-state index in [1.54, 1.807) is 18.5 Å². The molecule has 0 aliphatic rings. The van der Waals surface area contributed by atoms with E-state index >= 15 is 0 Å². The van der Waals surface area contributed by atoms with Crippen molar-refractivity contribution >= 4 is 28.3 Å². The molecule has 0 saturated heterocycles. The predicted molar refractivity (Wildman–Crippen MR) is 91.0 cm³/mol. The number of aromatic amines is 2. The number of nitrogens with zero attached hydrogens (tertiary/aromatic N) is 4. The Morgan fingerprint density at radius 1 is 1.21 bits per heavy atom. The fourth-order valence-electron chi connectivity index (χ4n) is 2.55. The first kappa shape index (κ1) is 14.2. The Balaban J connectivity index is 2.03. The van der Waals surface area contributed by atoms with E-state index in [0.29, 0.717) is 16.4 Å². The molecule has 0 aliphatic carbocycles. The quantitative estimate of drug-likeness (QED) is 0.519. The highest BCUT2D eigenvalue weighted by atomic mass is 35.5. The van der Waals surface area contributed by atoms with E-state index < -0.39 is 0 Å². The van der Waals surface area contributed by atoms with Gasteiger partial charge in [-0.2, -0.15) is 10.4 Å². The van der Waals surface area contributed by atoms with E-state index in [0.717, 1.165) is 22.2 Å². The Hall–Kier alpha value is -3.37. The van der Waals surface area contributed by atoms with Gasteiger partial charge in [-0.25, -0.2) is 9.97 Å². The number of nitriles is 1.